The van der Waals surface area contributed by atoms with E-state index in [0.717, 1.165) is 0 Å². The first-order valence-corrected chi connectivity index (χ1v) is 6.21. The van der Waals surface area contributed by atoms with Crippen LogP contribution in [0.3, 0.4) is 0 Å². The maximum Gasteiger partial charge on any atom is 0.237 e. The first kappa shape index (κ1) is 12.3. The predicted octanol–water partition coefficient (Wildman–Crippen LogP) is 1.95. The number of alkyl halides is 2. The molecule has 0 aliphatic rings. The summed E-state index contributed by atoms with van der Waals surface area (Å²) in [7, 11) is 0. The van der Waals surface area contributed by atoms with Gasteiger partial charge in [0.05, 0.1) is 10.7 Å². The van der Waals surface area contributed by atoms with E-state index in [1.165, 1.54) is 0 Å². The lowest BCUT2D eigenvalue weighted by Crippen LogP contribution is -2.12. The van der Waals surface area contributed by atoms with E-state index < -0.39 is 0 Å². The number of carbonyl (C=O) groups excluding carboxylic acids is 2. The highest BCUT2D eigenvalue weighted by molar-refractivity contribution is 9.09. The molecule has 0 saturated heterocycles. The molecule has 2 N–H and O–H groups in total. The van der Waals surface area contributed by atoms with Gasteiger partial charge in [-0.25, -0.2) is 0 Å². The van der Waals surface area contributed by atoms with Crippen molar-refractivity contribution in [1.29, 1.82) is 0 Å². The third-order valence-electron chi connectivity index (χ3n) is 1.37. The van der Waals surface area contributed by atoms with Gasteiger partial charge in [-0.3, -0.25) is 20.2 Å². The minimum Gasteiger partial charge on any atom is -0.425 e. The summed E-state index contributed by atoms with van der Waals surface area (Å²) in [5.74, 6) is 0.152. The molecule has 0 bridgehead atoms. The van der Waals surface area contributed by atoms with Gasteiger partial charge in [0.1, 0.15) is 0 Å². The summed E-state index contributed by atoms with van der Waals surface area (Å²) in [5.41, 5.74) is 0. The third-order valence-corrected chi connectivity index (χ3v) is 2.39. The molecule has 5 nitrogen and oxygen atoms in total. The molecule has 1 aromatic heterocycles. The van der Waals surface area contributed by atoms with Crippen LogP contribution in [0.4, 0.5) is 11.8 Å². The van der Waals surface area contributed by atoms with Crippen molar-refractivity contribution >= 4 is 55.4 Å². The lowest BCUT2D eigenvalue weighted by atomic mass is 10.5. The highest BCUT2D eigenvalue weighted by atomic mass is 79.9. The SMILES string of the molecule is O=C(CBr)Nc1ccc(NC(=O)CBr)o1. The number of furan rings is 1. The van der Waals surface area contributed by atoms with Crippen LogP contribution in [0.1, 0.15) is 0 Å². The van der Waals surface area contributed by atoms with Gasteiger partial charge in [0.2, 0.25) is 23.6 Å². The lowest BCUT2D eigenvalue weighted by molar-refractivity contribution is -0.114. The number of halogens is 2. The van der Waals surface area contributed by atoms with Gasteiger partial charge in [-0.2, -0.15) is 0 Å². The van der Waals surface area contributed by atoms with E-state index in [2.05, 4.69) is 42.5 Å². The highest BCUT2D eigenvalue weighted by Crippen LogP contribution is 2.17. The average Bonchev–Trinajstić information content (AvgIpc) is 2.65. The van der Waals surface area contributed by atoms with Crippen molar-refractivity contribution in [2.75, 3.05) is 21.3 Å². The fourth-order valence-electron chi connectivity index (χ4n) is 0.814. The minimum absolute atomic E-state index is 0.191. The second kappa shape index (κ2) is 5.92. The van der Waals surface area contributed by atoms with Gasteiger partial charge in [0.15, 0.2) is 0 Å². The van der Waals surface area contributed by atoms with E-state index in [1.807, 2.05) is 0 Å². The Balaban J connectivity index is 2.56. The summed E-state index contributed by atoms with van der Waals surface area (Å²) in [6, 6.07) is 3.12. The monoisotopic (exact) mass is 338 g/mol. The van der Waals surface area contributed by atoms with Crippen LogP contribution in [0.25, 0.3) is 0 Å². The molecule has 0 spiro atoms. The first-order valence-electron chi connectivity index (χ1n) is 3.97. The van der Waals surface area contributed by atoms with Crippen LogP contribution < -0.4 is 10.6 Å². The topological polar surface area (TPSA) is 71.3 Å². The van der Waals surface area contributed by atoms with E-state index in [-0.39, 0.29) is 22.5 Å². The van der Waals surface area contributed by atoms with Crippen molar-refractivity contribution in [3.63, 3.8) is 0 Å². The number of carbonyl (C=O) groups is 2. The largest absolute Gasteiger partial charge is 0.425 e. The van der Waals surface area contributed by atoms with Gasteiger partial charge in [-0.1, -0.05) is 31.9 Å². The molecule has 0 aromatic carbocycles. The molecule has 2 amide bonds. The zero-order valence-electron chi connectivity index (χ0n) is 7.55. The Morgan fingerprint density at radius 3 is 1.80 bits per heavy atom. The molecule has 0 radical (unpaired) electrons. The zero-order valence-corrected chi connectivity index (χ0v) is 10.7. The Morgan fingerprint density at radius 1 is 1.07 bits per heavy atom. The lowest BCUT2D eigenvalue weighted by Gasteiger charge is -1.99. The molecule has 0 unspecified atom stereocenters. The standard InChI is InChI=1S/C8H8Br2N2O3/c9-3-5(13)11-7-1-2-8(15-7)12-6(14)4-10/h1-2H,3-4H2,(H,11,13)(H,12,14). The van der Waals surface area contributed by atoms with Gasteiger partial charge >= 0.3 is 0 Å². The molecular formula is C8H8Br2N2O3. The molecule has 82 valence electrons. The van der Waals surface area contributed by atoms with Crippen molar-refractivity contribution in [3.05, 3.63) is 12.1 Å². The van der Waals surface area contributed by atoms with Crippen molar-refractivity contribution in [2.24, 2.45) is 0 Å². The molecular weight excluding hydrogens is 332 g/mol. The molecule has 7 heteroatoms. The Morgan fingerprint density at radius 2 is 1.47 bits per heavy atom. The van der Waals surface area contributed by atoms with Crippen molar-refractivity contribution in [1.82, 2.24) is 0 Å². The Bertz CT molecular complexity index is 332. The normalized spacial score (nSPS) is 9.73. The number of amides is 2. The number of nitrogens with one attached hydrogen (secondary N) is 2. The van der Waals surface area contributed by atoms with E-state index in [1.54, 1.807) is 12.1 Å². The van der Waals surface area contributed by atoms with Crippen molar-refractivity contribution < 1.29 is 14.0 Å². The van der Waals surface area contributed by atoms with E-state index in [9.17, 15) is 9.59 Å². The summed E-state index contributed by atoms with van der Waals surface area (Å²) in [6.07, 6.45) is 0. The van der Waals surface area contributed by atoms with Gasteiger partial charge in [0, 0.05) is 12.1 Å². The maximum atomic E-state index is 11.0. The summed E-state index contributed by atoms with van der Waals surface area (Å²) in [4.78, 5) is 21.9. The van der Waals surface area contributed by atoms with Crippen molar-refractivity contribution in [2.45, 2.75) is 0 Å². The summed E-state index contributed by atoms with van der Waals surface area (Å²) >= 11 is 6.00. The maximum absolute atomic E-state index is 11.0. The Kier molecular flexibility index (Phi) is 4.83. The average molecular weight is 340 g/mol. The van der Waals surface area contributed by atoms with Crippen molar-refractivity contribution in [3.8, 4) is 0 Å². The van der Waals surface area contributed by atoms with E-state index in [0.29, 0.717) is 11.8 Å². The van der Waals surface area contributed by atoms with Gasteiger partial charge in [-0.15, -0.1) is 0 Å². The predicted molar refractivity (Wildman–Crippen MR) is 63.6 cm³/mol. The van der Waals surface area contributed by atoms with Gasteiger partial charge in [-0.05, 0) is 0 Å². The van der Waals surface area contributed by atoms with Gasteiger partial charge < -0.3 is 4.42 Å². The number of hydrogen-bond acceptors (Lipinski definition) is 3. The first-order chi connectivity index (χ1) is 7.15. The van der Waals surface area contributed by atoms with E-state index in [4.69, 9.17) is 4.42 Å². The second-order valence-electron chi connectivity index (χ2n) is 2.53. The van der Waals surface area contributed by atoms with Crippen LogP contribution in [-0.2, 0) is 9.59 Å². The second-order valence-corrected chi connectivity index (χ2v) is 3.65. The van der Waals surface area contributed by atoms with Gasteiger partial charge in [0.25, 0.3) is 0 Å². The van der Waals surface area contributed by atoms with Crippen LogP contribution in [0, 0.1) is 0 Å². The zero-order chi connectivity index (χ0) is 11.3. The molecule has 0 atom stereocenters. The molecule has 1 aromatic rings. The van der Waals surface area contributed by atoms with Crippen LogP contribution in [0.2, 0.25) is 0 Å². The number of hydrogen-bond donors (Lipinski definition) is 2. The highest BCUT2D eigenvalue weighted by Gasteiger charge is 2.07. The van der Waals surface area contributed by atoms with E-state index >= 15 is 0 Å². The van der Waals surface area contributed by atoms with Crippen LogP contribution in [-0.4, -0.2) is 22.5 Å². The molecule has 1 heterocycles. The van der Waals surface area contributed by atoms with Crippen LogP contribution in [0.5, 0.6) is 0 Å². The fourth-order valence-corrected chi connectivity index (χ4v) is 1.09. The molecule has 15 heavy (non-hydrogen) atoms. The molecule has 0 saturated carbocycles. The molecule has 1 rings (SSSR count). The minimum atomic E-state index is -0.220. The summed E-state index contributed by atoms with van der Waals surface area (Å²) in [6.45, 7) is 0. The molecule has 0 aliphatic carbocycles. The fraction of sp³-hybridized carbons (Fsp3) is 0.250. The summed E-state index contributed by atoms with van der Waals surface area (Å²) < 4.78 is 5.12. The molecule has 0 fully saturated rings. The third kappa shape index (κ3) is 4.05. The number of rotatable bonds is 4. The van der Waals surface area contributed by atoms with Crippen LogP contribution >= 0.6 is 31.9 Å². The number of anilines is 2. The Labute approximate surface area is 103 Å². The molecule has 0 aliphatic heterocycles. The van der Waals surface area contributed by atoms with Crippen LogP contribution in [0.15, 0.2) is 16.5 Å². The Hall–Kier alpha value is -0.820. The summed E-state index contributed by atoms with van der Waals surface area (Å²) in [5, 5.41) is 5.36. The smallest absolute Gasteiger partial charge is 0.237 e. The quantitative estimate of drug-likeness (QED) is 0.823.